The number of guanidine groups is 1. The summed E-state index contributed by atoms with van der Waals surface area (Å²) in [5.74, 6) is 0.995. The molecule has 0 saturated carbocycles. The predicted octanol–water partition coefficient (Wildman–Crippen LogP) is 2.27. The fraction of sp³-hybridized carbons (Fsp3) is 0.696. The zero-order valence-electron chi connectivity index (χ0n) is 18.8. The highest BCUT2D eigenvalue weighted by atomic mass is 16.5. The predicted molar refractivity (Wildman–Crippen MR) is 120 cm³/mol. The number of hydrogen-bond donors (Lipinski definition) is 1. The van der Waals surface area contributed by atoms with E-state index < -0.39 is 0 Å². The molecule has 1 aromatic rings. The lowest BCUT2D eigenvalue weighted by Gasteiger charge is -2.36. The number of nitrogens with one attached hydrogen (secondary N) is 1. The van der Waals surface area contributed by atoms with E-state index in [1.807, 2.05) is 7.05 Å². The fourth-order valence-corrected chi connectivity index (χ4v) is 4.69. The number of fused-ring (bicyclic) bond motifs is 1. The summed E-state index contributed by atoms with van der Waals surface area (Å²) in [6.45, 7) is 15.6. The number of hydrogen-bond acceptors (Lipinski definition) is 4. The highest BCUT2D eigenvalue weighted by Gasteiger charge is 2.41. The zero-order valence-corrected chi connectivity index (χ0v) is 18.8. The molecule has 0 bridgehead atoms. The van der Waals surface area contributed by atoms with E-state index in [2.05, 4.69) is 83.0 Å². The molecule has 0 aromatic heterocycles. The summed E-state index contributed by atoms with van der Waals surface area (Å²) >= 11 is 0. The Labute approximate surface area is 176 Å². The van der Waals surface area contributed by atoms with Gasteiger partial charge in [0.05, 0.1) is 18.8 Å². The molecule has 2 unspecified atom stereocenters. The average Bonchev–Trinajstić information content (AvgIpc) is 3.13. The van der Waals surface area contributed by atoms with Gasteiger partial charge in [-0.25, -0.2) is 0 Å². The van der Waals surface area contributed by atoms with Crippen molar-refractivity contribution in [2.24, 2.45) is 4.99 Å². The normalized spacial score (nSPS) is 23.3. The lowest BCUT2D eigenvalue weighted by atomic mass is 10.1. The van der Waals surface area contributed by atoms with Crippen LogP contribution in [0.2, 0.25) is 0 Å². The van der Waals surface area contributed by atoms with Gasteiger partial charge in [-0.2, -0.15) is 0 Å². The van der Waals surface area contributed by atoms with Crippen molar-refractivity contribution >= 4 is 5.96 Å². The second-order valence-corrected chi connectivity index (χ2v) is 8.74. The van der Waals surface area contributed by atoms with E-state index in [9.17, 15) is 0 Å². The van der Waals surface area contributed by atoms with Gasteiger partial charge >= 0.3 is 0 Å². The Kier molecular flexibility index (Phi) is 7.92. The molecule has 0 radical (unpaired) electrons. The molecule has 6 nitrogen and oxygen atoms in total. The van der Waals surface area contributed by atoms with Gasteiger partial charge in [0, 0.05) is 58.4 Å². The summed E-state index contributed by atoms with van der Waals surface area (Å²) < 4.78 is 6.13. The number of likely N-dealkylation sites (tertiary alicyclic amines) is 1. The molecule has 2 atom stereocenters. The molecule has 2 heterocycles. The molecule has 0 amide bonds. The lowest BCUT2D eigenvalue weighted by molar-refractivity contribution is -0.0502. The van der Waals surface area contributed by atoms with E-state index >= 15 is 0 Å². The van der Waals surface area contributed by atoms with Crippen molar-refractivity contribution < 1.29 is 4.74 Å². The summed E-state index contributed by atoms with van der Waals surface area (Å²) in [4.78, 5) is 12.0. The smallest absolute Gasteiger partial charge is 0.193 e. The van der Waals surface area contributed by atoms with Crippen molar-refractivity contribution in [3.05, 3.63) is 35.9 Å². The van der Waals surface area contributed by atoms with Crippen molar-refractivity contribution in [1.82, 2.24) is 20.0 Å². The molecule has 29 heavy (non-hydrogen) atoms. The van der Waals surface area contributed by atoms with Crippen LogP contribution in [0.3, 0.4) is 0 Å². The van der Waals surface area contributed by atoms with Crippen molar-refractivity contribution in [2.75, 3.05) is 46.4 Å². The molecule has 2 saturated heterocycles. The molecule has 0 spiro atoms. The van der Waals surface area contributed by atoms with Crippen LogP contribution in [0.25, 0.3) is 0 Å². The standard InChI is InChI=1S/C23H39N5O/c1-18(2)28(19(3)4)12-11-25-23(24-5)27-16-21-22(17-27)29-14-13-26(21)15-20-9-7-6-8-10-20/h6-10,18-19,21-22H,11-17H2,1-5H3,(H,24,25). The Balaban J connectivity index is 1.56. The Morgan fingerprint density at radius 1 is 1.17 bits per heavy atom. The third-order valence-corrected chi connectivity index (χ3v) is 6.14. The van der Waals surface area contributed by atoms with Gasteiger partial charge in [0.15, 0.2) is 5.96 Å². The highest BCUT2D eigenvalue weighted by molar-refractivity contribution is 5.80. The van der Waals surface area contributed by atoms with Crippen molar-refractivity contribution in [3.8, 4) is 0 Å². The Morgan fingerprint density at radius 2 is 1.90 bits per heavy atom. The minimum atomic E-state index is 0.258. The maximum Gasteiger partial charge on any atom is 0.193 e. The van der Waals surface area contributed by atoms with E-state index in [1.54, 1.807) is 0 Å². The molecule has 1 aromatic carbocycles. The number of nitrogens with zero attached hydrogens (tertiary/aromatic N) is 4. The maximum absolute atomic E-state index is 6.13. The van der Waals surface area contributed by atoms with Crippen LogP contribution in [-0.4, -0.2) is 91.3 Å². The molecule has 1 N–H and O–H groups in total. The lowest BCUT2D eigenvalue weighted by Crippen LogP contribution is -2.50. The van der Waals surface area contributed by atoms with Gasteiger partial charge in [0.25, 0.3) is 0 Å². The summed E-state index contributed by atoms with van der Waals surface area (Å²) in [6.07, 6.45) is 0.258. The van der Waals surface area contributed by atoms with Crippen LogP contribution >= 0.6 is 0 Å². The molecule has 2 aliphatic rings. The van der Waals surface area contributed by atoms with E-state index in [-0.39, 0.29) is 6.10 Å². The Bertz CT molecular complexity index is 640. The first-order valence-corrected chi connectivity index (χ1v) is 11.1. The first-order chi connectivity index (χ1) is 14.0. The minimum absolute atomic E-state index is 0.258. The largest absolute Gasteiger partial charge is 0.373 e. The topological polar surface area (TPSA) is 43.3 Å². The van der Waals surface area contributed by atoms with E-state index in [0.29, 0.717) is 18.1 Å². The average molecular weight is 402 g/mol. The van der Waals surface area contributed by atoms with Gasteiger partial charge in [-0.05, 0) is 33.3 Å². The Hall–Kier alpha value is -1.63. The zero-order chi connectivity index (χ0) is 20.8. The SMILES string of the molecule is CN=C(NCCN(C(C)C)C(C)C)N1CC2OCCN(Cc3ccccc3)C2C1. The number of benzene rings is 1. The first-order valence-electron chi connectivity index (χ1n) is 11.1. The Morgan fingerprint density at radius 3 is 2.55 bits per heavy atom. The minimum Gasteiger partial charge on any atom is -0.373 e. The van der Waals surface area contributed by atoms with Crippen LogP contribution in [0.5, 0.6) is 0 Å². The summed E-state index contributed by atoms with van der Waals surface area (Å²) in [6, 6.07) is 12.3. The summed E-state index contributed by atoms with van der Waals surface area (Å²) in [5, 5.41) is 3.59. The van der Waals surface area contributed by atoms with Crippen LogP contribution in [0.1, 0.15) is 33.3 Å². The monoisotopic (exact) mass is 401 g/mol. The molecular weight excluding hydrogens is 362 g/mol. The second-order valence-electron chi connectivity index (χ2n) is 8.74. The second kappa shape index (κ2) is 10.4. The first kappa shape index (κ1) is 22.1. The third-order valence-electron chi connectivity index (χ3n) is 6.14. The van der Waals surface area contributed by atoms with Gasteiger partial charge in [-0.3, -0.25) is 14.8 Å². The van der Waals surface area contributed by atoms with Gasteiger partial charge in [-0.1, -0.05) is 30.3 Å². The fourth-order valence-electron chi connectivity index (χ4n) is 4.69. The molecule has 2 aliphatic heterocycles. The number of rotatable bonds is 7. The number of ether oxygens (including phenoxy) is 1. The highest BCUT2D eigenvalue weighted by Crippen LogP contribution is 2.24. The van der Waals surface area contributed by atoms with Crippen molar-refractivity contribution in [3.63, 3.8) is 0 Å². The van der Waals surface area contributed by atoms with Gasteiger partial charge < -0.3 is 15.0 Å². The maximum atomic E-state index is 6.13. The van der Waals surface area contributed by atoms with E-state index in [0.717, 1.165) is 51.8 Å². The van der Waals surface area contributed by atoms with Gasteiger partial charge in [0.1, 0.15) is 0 Å². The number of morpholine rings is 1. The molecule has 0 aliphatic carbocycles. The quantitative estimate of drug-likeness (QED) is 0.561. The molecular formula is C23H39N5O. The third kappa shape index (κ3) is 5.71. The van der Waals surface area contributed by atoms with Gasteiger partial charge in [-0.15, -0.1) is 0 Å². The van der Waals surface area contributed by atoms with Crippen LogP contribution in [-0.2, 0) is 11.3 Å². The molecule has 162 valence electrons. The van der Waals surface area contributed by atoms with Crippen LogP contribution in [0.15, 0.2) is 35.3 Å². The molecule has 6 heteroatoms. The van der Waals surface area contributed by atoms with Crippen molar-refractivity contribution in [2.45, 2.75) is 58.5 Å². The van der Waals surface area contributed by atoms with Crippen LogP contribution in [0.4, 0.5) is 0 Å². The molecule has 3 rings (SSSR count). The summed E-state index contributed by atoms with van der Waals surface area (Å²) in [7, 11) is 1.88. The number of aliphatic imine (C=N–C) groups is 1. The van der Waals surface area contributed by atoms with Crippen molar-refractivity contribution in [1.29, 1.82) is 0 Å². The summed E-state index contributed by atoms with van der Waals surface area (Å²) in [5.41, 5.74) is 1.37. The van der Waals surface area contributed by atoms with Gasteiger partial charge in [0.2, 0.25) is 0 Å². The van der Waals surface area contributed by atoms with E-state index in [4.69, 9.17) is 4.74 Å². The van der Waals surface area contributed by atoms with Crippen LogP contribution in [0, 0.1) is 0 Å². The van der Waals surface area contributed by atoms with E-state index in [1.165, 1.54) is 5.56 Å². The molecule has 2 fully saturated rings. The van der Waals surface area contributed by atoms with Crippen LogP contribution < -0.4 is 5.32 Å².